The quantitative estimate of drug-likeness (QED) is 0.339. The fourth-order valence-corrected chi connectivity index (χ4v) is 6.11. The lowest BCUT2D eigenvalue weighted by atomic mass is 9.77. The second-order valence-corrected chi connectivity index (χ2v) is 11.8. The zero-order valence-electron chi connectivity index (χ0n) is 24.0. The maximum atomic E-state index is 13.6. The Labute approximate surface area is 257 Å². The third-order valence-electron chi connectivity index (χ3n) is 8.65. The minimum Gasteiger partial charge on any atom is -0.481 e. The molecular formula is C30H32ClN5O8. The smallest absolute Gasteiger partial charge is 0.407 e. The summed E-state index contributed by atoms with van der Waals surface area (Å²) in [5, 5.41) is 25.3. The number of aryl methyl sites for hydroxylation is 1. The molecule has 2 saturated heterocycles. The van der Waals surface area contributed by atoms with Gasteiger partial charge in [-0.2, -0.15) is 0 Å². The van der Waals surface area contributed by atoms with Gasteiger partial charge in [0.25, 0.3) is 11.8 Å². The first kappa shape index (κ1) is 30.8. The molecule has 2 fully saturated rings. The van der Waals surface area contributed by atoms with E-state index in [0.29, 0.717) is 21.8 Å². The Balaban J connectivity index is 1.24. The number of halogens is 1. The Kier molecular flexibility index (Phi) is 8.51. The predicted octanol–water partition coefficient (Wildman–Crippen LogP) is 3.29. The molecule has 14 heteroatoms. The number of hydrogen-bond acceptors (Lipinski definition) is 6. The predicted molar refractivity (Wildman–Crippen MR) is 157 cm³/mol. The minimum atomic E-state index is -1.48. The lowest BCUT2D eigenvalue weighted by molar-refractivity contribution is -0.161. The van der Waals surface area contributed by atoms with Crippen LogP contribution < -0.4 is 10.6 Å². The molecule has 13 nitrogen and oxygen atoms in total. The Morgan fingerprint density at radius 3 is 2.43 bits per heavy atom. The summed E-state index contributed by atoms with van der Waals surface area (Å²) in [6.07, 6.45) is -1.17. The van der Waals surface area contributed by atoms with E-state index in [0.717, 1.165) is 20.9 Å². The van der Waals surface area contributed by atoms with Gasteiger partial charge in [-0.05, 0) is 61.1 Å². The molecular weight excluding hydrogens is 594 g/mol. The van der Waals surface area contributed by atoms with Crippen molar-refractivity contribution in [1.29, 1.82) is 0 Å². The van der Waals surface area contributed by atoms with Gasteiger partial charge in [-0.3, -0.25) is 24.1 Å². The summed E-state index contributed by atoms with van der Waals surface area (Å²) >= 11 is 6.12. The number of benzene rings is 2. The van der Waals surface area contributed by atoms with Crippen LogP contribution in [0.3, 0.4) is 0 Å². The number of piperidine rings is 2. The van der Waals surface area contributed by atoms with Gasteiger partial charge in [-0.15, -0.1) is 0 Å². The molecule has 2 aromatic rings. The van der Waals surface area contributed by atoms with Gasteiger partial charge in [0.15, 0.2) is 0 Å². The number of carboxylic acids is 1. The lowest BCUT2D eigenvalue weighted by Crippen LogP contribution is -2.59. The Bertz CT molecular complexity index is 1550. The second-order valence-electron chi connectivity index (χ2n) is 11.4. The molecule has 1 unspecified atom stereocenters. The number of nitrogens with one attached hydrogen (secondary N) is 2. The summed E-state index contributed by atoms with van der Waals surface area (Å²) in [7, 11) is 0. The van der Waals surface area contributed by atoms with Crippen LogP contribution in [0.2, 0.25) is 5.02 Å². The molecule has 4 N–H and O–H groups in total. The van der Waals surface area contributed by atoms with E-state index in [1.807, 2.05) is 6.92 Å². The highest BCUT2D eigenvalue weighted by molar-refractivity contribution is 6.31. The van der Waals surface area contributed by atoms with Gasteiger partial charge in [0, 0.05) is 55.4 Å². The Morgan fingerprint density at radius 1 is 1.05 bits per heavy atom. The van der Waals surface area contributed by atoms with Crippen LogP contribution in [0.4, 0.5) is 15.3 Å². The van der Waals surface area contributed by atoms with Crippen LogP contribution >= 0.6 is 11.6 Å². The van der Waals surface area contributed by atoms with Crippen molar-refractivity contribution in [3.05, 3.63) is 63.7 Å². The molecule has 5 rings (SSSR count). The number of anilines is 1. The molecule has 0 aliphatic carbocycles. The van der Waals surface area contributed by atoms with Crippen molar-refractivity contribution in [1.82, 2.24) is 20.0 Å². The van der Waals surface area contributed by atoms with Crippen LogP contribution in [0.15, 0.2) is 36.4 Å². The molecule has 2 aromatic carbocycles. The number of amides is 6. The van der Waals surface area contributed by atoms with Crippen molar-refractivity contribution >= 4 is 53.1 Å². The first-order chi connectivity index (χ1) is 20.9. The van der Waals surface area contributed by atoms with E-state index >= 15 is 0 Å². The zero-order chi connectivity index (χ0) is 31.8. The van der Waals surface area contributed by atoms with Gasteiger partial charge in [0.05, 0.1) is 5.41 Å². The largest absolute Gasteiger partial charge is 0.481 e. The third-order valence-corrected chi connectivity index (χ3v) is 9.06. The highest BCUT2D eigenvalue weighted by Gasteiger charge is 2.49. The van der Waals surface area contributed by atoms with E-state index in [1.54, 1.807) is 36.4 Å². The monoisotopic (exact) mass is 625 g/mol. The van der Waals surface area contributed by atoms with Crippen LogP contribution in [0, 0.1) is 12.3 Å². The number of urea groups is 1. The fourth-order valence-electron chi connectivity index (χ4n) is 5.93. The summed E-state index contributed by atoms with van der Waals surface area (Å²) in [5.74, 6) is -2.73. The minimum absolute atomic E-state index is 0.0274. The Morgan fingerprint density at radius 2 is 1.77 bits per heavy atom. The van der Waals surface area contributed by atoms with Crippen molar-refractivity contribution in [3.63, 3.8) is 0 Å². The average Bonchev–Trinajstić information content (AvgIpc) is 3.31. The third kappa shape index (κ3) is 6.05. The molecule has 6 amide bonds. The lowest BCUT2D eigenvalue weighted by Gasteiger charge is -2.42. The highest BCUT2D eigenvalue weighted by Crippen LogP contribution is 2.36. The van der Waals surface area contributed by atoms with Crippen LogP contribution in [0.1, 0.15) is 52.7 Å². The maximum absolute atomic E-state index is 13.6. The van der Waals surface area contributed by atoms with Crippen molar-refractivity contribution in [3.8, 4) is 0 Å². The van der Waals surface area contributed by atoms with Crippen molar-refractivity contribution in [2.24, 2.45) is 5.41 Å². The number of carboxylic acid groups (broad SMARTS) is 2. The molecule has 0 saturated carbocycles. The number of rotatable bonds is 7. The van der Waals surface area contributed by atoms with E-state index in [9.17, 15) is 39.0 Å². The molecule has 3 aliphatic rings. The molecule has 0 aromatic heterocycles. The number of nitrogens with zero attached hydrogens (tertiary/aromatic N) is 3. The highest BCUT2D eigenvalue weighted by atomic mass is 35.5. The van der Waals surface area contributed by atoms with Crippen molar-refractivity contribution in [2.45, 2.75) is 51.7 Å². The molecule has 44 heavy (non-hydrogen) atoms. The normalized spacial score (nSPS) is 19.5. The van der Waals surface area contributed by atoms with Gasteiger partial charge in [0.1, 0.15) is 6.04 Å². The maximum Gasteiger partial charge on any atom is 0.407 e. The summed E-state index contributed by atoms with van der Waals surface area (Å²) in [4.78, 5) is 79.3. The van der Waals surface area contributed by atoms with Gasteiger partial charge < -0.3 is 30.6 Å². The second kappa shape index (κ2) is 12.2. The summed E-state index contributed by atoms with van der Waals surface area (Å²) in [6, 6.07) is 8.92. The molecule has 0 bridgehead atoms. The van der Waals surface area contributed by atoms with Crippen LogP contribution in [-0.4, -0.2) is 86.4 Å². The summed E-state index contributed by atoms with van der Waals surface area (Å²) in [5.41, 5.74) is 1.76. The van der Waals surface area contributed by atoms with Crippen LogP contribution in [-0.2, 0) is 27.5 Å². The fraction of sp³-hybridized carbons (Fsp3) is 0.400. The SMILES string of the molecule is Cc1ccc(NC(=O)NCc2ccc3c(c2)CN(C2CCC(=O)N(CC4(C(=O)O)CCN(C(=O)O)CC4)C2=O)C3=O)cc1Cl. The van der Waals surface area contributed by atoms with Gasteiger partial charge in [0.2, 0.25) is 5.91 Å². The standard InChI is InChI=1S/C30H32ClN5O8/c1-17-2-4-20(13-22(17)31)33-28(42)32-14-18-3-5-21-19(12-18)15-35(25(21)38)23-6-7-24(37)36(26(23)39)16-30(27(40)41)8-10-34(11-9-30)29(43)44/h2-5,12-13,23H,6-11,14-16H2,1H3,(H,40,41)(H,43,44)(H2,32,33,42). The van der Waals surface area contributed by atoms with E-state index in [1.165, 1.54) is 4.90 Å². The summed E-state index contributed by atoms with van der Waals surface area (Å²) in [6.45, 7) is 1.71. The summed E-state index contributed by atoms with van der Waals surface area (Å²) < 4.78 is 0. The van der Waals surface area contributed by atoms with Crippen molar-refractivity contribution < 1.29 is 39.0 Å². The van der Waals surface area contributed by atoms with Gasteiger partial charge in [-0.1, -0.05) is 29.8 Å². The van der Waals surface area contributed by atoms with E-state index in [4.69, 9.17) is 11.6 Å². The number of fused-ring (bicyclic) bond motifs is 1. The Hall–Kier alpha value is -4.65. The number of carbonyl (C=O) groups excluding carboxylic acids is 4. The van der Waals surface area contributed by atoms with E-state index in [-0.39, 0.29) is 64.3 Å². The molecule has 232 valence electrons. The van der Waals surface area contributed by atoms with Crippen LogP contribution in [0.5, 0.6) is 0 Å². The molecule has 3 heterocycles. The number of aliphatic carboxylic acids is 1. The average molecular weight is 626 g/mol. The molecule has 0 radical (unpaired) electrons. The topological polar surface area (TPSA) is 177 Å². The number of carbonyl (C=O) groups is 6. The molecule has 0 spiro atoms. The number of likely N-dealkylation sites (tertiary alicyclic amines) is 2. The van der Waals surface area contributed by atoms with E-state index < -0.39 is 41.4 Å². The van der Waals surface area contributed by atoms with Gasteiger partial charge >= 0.3 is 18.1 Å². The van der Waals surface area contributed by atoms with Gasteiger partial charge in [-0.25, -0.2) is 9.59 Å². The zero-order valence-corrected chi connectivity index (χ0v) is 24.7. The number of imide groups is 1. The first-order valence-corrected chi connectivity index (χ1v) is 14.6. The molecule has 1 atom stereocenters. The number of hydrogen-bond donors (Lipinski definition) is 4. The first-order valence-electron chi connectivity index (χ1n) is 14.2. The van der Waals surface area contributed by atoms with Crippen LogP contribution in [0.25, 0.3) is 0 Å². The van der Waals surface area contributed by atoms with Crippen molar-refractivity contribution in [2.75, 3.05) is 25.0 Å². The van der Waals surface area contributed by atoms with E-state index in [2.05, 4.69) is 10.6 Å². The molecule has 3 aliphatic heterocycles.